The normalized spacial score (nSPS) is 18.9. The Labute approximate surface area is 215 Å². The van der Waals surface area contributed by atoms with E-state index in [-0.39, 0.29) is 34.5 Å². The lowest BCUT2D eigenvalue weighted by Crippen LogP contribution is -2.48. The van der Waals surface area contributed by atoms with Crippen LogP contribution < -0.4 is 5.32 Å². The number of nitrogens with zero attached hydrogens (tertiary/aromatic N) is 5. The van der Waals surface area contributed by atoms with Crippen LogP contribution in [0.15, 0.2) is 42.9 Å². The molecule has 3 atom stereocenters. The van der Waals surface area contributed by atoms with Gasteiger partial charge in [0.15, 0.2) is 11.6 Å². The molecule has 196 valence electrons. The molecule has 4 rings (SSSR count). The third-order valence-electron chi connectivity index (χ3n) is 5.71. The fourth-order valence-electron chi connectivity index (χ4n) is 4.12. The minimum atomic E-state index is -4.65. The molecule has 37 heavy (non-hydrogen) atoms. The Bertz CT molecular complexity index is 1290. The number of aromatic nitrogens is 4. The van der Waals surface area contributed by atoms with Gasteiger partial charge in [0.05, 0.1) is 29.4 Å². The summed E-state index contributed by atoms with van der Waals surface area (Å²) in [5.74, 6) is -0.303. The zero-order valence-electron chi connectivity index (χ0n) is 20.2. The van der Waals surface area contributed by atoms with E-state index in [1.807, 2.05) is 13.8 Å². The third-order valence-corrected chi connectivity index (χ3v) is 5.93. The topological polar surface area (TPSA) is 102 Å². The number of halogens is 4. The molecule has 1 aliphatic rings. The van der Waals surface area contributed by atoms with Crippen molar-refractivity contribution in [1.29, 1.82) is 0 Å². The van der Waals surface area contributed by atoms with Crippen molar-refractivity contribution < 1.29 is 27.5 Å². The van der Waals surface area contributed by atoms with Crippen LogP contribution in [0, 0.1) is 0 Å². The zero-order valence-corrected chi connectivity index (χ0v) is 20.9. The Kier molecular flexibility index (Phi) is 7.51. The highest BCUT2D eigenvalue weighted by molar-refractivity contribution is 6.31. The van der Waals surface area contributed by atoms with Crippen LogP contribution in [0.1, 0.15) is 58.9 Å². The van der Waals surface area contributed by atoms with Crippen LogP contribution >= 0.6 is 11.6 Å². The lowest BCUT2D eigenvalue weighted by Gasteiger charge is -2.35. The number of benzene rings is 1. The van der Waals surface area contributed by atoms with Gasteiger partial charge in [0.25, 0.3) is 11.8 Å². The van der Waals surface area contributed by atoms with Crippen LogP contribution in [0.25, 0.3) is 5.82 Å². The quantitative estimate of drug-likeness (QED) is 0.527. The van der Waals surface area contributed by atoms with Gasteiger partial charge in [-0.25, -0.2) is 9.97 Å². The molecule has 0 saturated carbocycles. The first-order chi connectivity index (χ1) is 17.4. The lowest BCUT2D eigenvalue weighted by atomic mass is 10.1. The molecule has 1 aromatic carbocycles. The van der Waals surface area contributed by atoms with Gasteiger partial charge in [-0.2, -0.15) is 23.0 Å². The maximum Gasteiger partial charge on any atom is 0.416 e. The molecule has 3 heterocycles. The molecule has 13 heteroatoms. The smallest absolute Gasteiger partial charge is 0.372 e. The summed E-state index contributed by atoms with van der Waals surface area (Å²) in [4.78, 5) is 35.8. The summed E-state index contributed by atoms with van der Waals surface area (Å²) in [6.07, 6.45) is -2.09. The van der Waals surface area contributed by atoms with Crippen molar-refractivity contribution in [1.82, 2.24) is 30.0 Å². The maximum atomic E-state index is 13.1. The van der Waals surface area contributed by atoms with Gasteiger partial charge in [0, 0.05) is 29.9 Å². The van der Waals surface area contributed by atoms with Crippen LogP contribution in [0.3, 0.4) is 0 Å². The standard InChI is InChI=1S/C24H24ClF3N6O3/c1-13-10-33(11-14(2)37-13)23(36)16-4-5-20(29-9-16)34-21(30-12-31-34)15(3)32-22(35)17-6-18(24(26,27)28)8-19(25)7-17/h4-9,12-15H,10-11H2,1-3H3,(H,32,35)/t13-,14+,15-/m0/s1. The Morgan fingerprint density at radius 2 is 1.81 bits per heavy atom. The number of pyridine rings is 1. The van der Waals surface area contributed by atoms with E-state index in [1.54, 1.807) is 24.0 Å². The molecule has 2 aromatic heterocycles. The first kappa shape index (κ1) is 26.6. The van der Waals surface area contributed by atoms with E-state index in [2.05, 4.69) is 20.4 Å². The Balaban J connectivity index is 1.49. The molecule has 2 amide bonds. The van der Waals surface area contributed by atoms with Crippen molar-refractivity contribution in [3.8, 4) is 5.82 Å². The third kappa shape index (κ3) is 6.08. The van der Waals surface area contributed by atoms with Gasteiger partial charge >= 0.3 is 6.18 Å². The first-order valence-corrected chi connectivity index (χ1v) is 11.8. The van der Waals surface area contributed by atoms with Crippen molar-refractivity contribution in [2.24, 2.45) is 0 Å². The molecule has 9 nitrogen and oxygen atoms in total. The first-order valence-electron chi connectivity index (χ1n) is 11.4. The van der Waals surface area contributed by atoms with Crippen molar-refractivity contribution in [2.75, 3.05) is 13.1 Å². The molecule has 0 unspecified atom stereocenters. The van der Waals surface area contributed by atoms with E-state index in [0.717, 1.165) is 18.2 Å². The zero-order chi connectivity index (χ0) is 26.9. The van der Waals surface area contributed by atoms with Crippen LogP contribution in [-0.4, -0.2) is 61.8 Å². The Hall–Kier alpha value is -3.51. The summed E-state index contributed by atoms with van der Waals surface area (Å²) in [6, 6.07) is 5.10. The van der Waals surface area contributed by atoms with Gasteiger partial charge in [-0.1, -0.05) is 11.6 Å². The van der Waals surface area contributed by atoms with E-state index in [4.69, 9.17) is 16.3 Å². The molecule has 1 fully saturated rings. The summed E-state index contributed by atoms with van der Waals surface area (Å²) in [5.41, 5.74) is -0.874. The molecule has 1 saturated heterocycles. The van der Waals surface area contributed by atoms with Crippen LogP contribution in [0.2, 0.25) is 5.02 Å². The number of alkyl halides is 3. The number of morpholine rings is 1. The number of nitrogens with one attached hydrogen (secondary N) is 1. The number of carbonyl (C=O) groups excluding carboxylic acids is 2. The fraction of sp³-hybridized carbons (Fsp3) is 0.375. The maximum absolute atomic E-state index is 13.1. The van der Waals surface area contributed by atoms with Gasteiger partial charge < -0.3 is 15.0 Å². The number of hydrogen-bond acceptors (Lipinski definition) is 6. The fourth-order valence-corrected chi connectivity index (χ4v) is 4.35. The highest BCUT2D eigenvalue weighted by Crippen LogP contribution is 2.32. The Morgan fingerprint density at radius 3 is 2.43 bits per heavy atom. The van der Waals surface area contributed by atoms with Crippen molar-refractivity contribution >= 4 is 23.4 Å². The minimum Gasteiger partial charge on any atom is -0.372 e. The van der Waals surface area contributed by atoms with E-state index >= 15 is 0 Å². The lowest BCUT2D eigenvalue weighted by molar-refractivity contribution is -0.137. The number of ether oxygens (including phenoxy) is 1. The second-order valence-electron chi connectivity index (χ2n) is 8.82. The molecule has 0 spiro atoms. The average molecular weight is 537 g/mol. The van der Waals surface area contributed by atoms with E-state index in [1.165, 1.54) is 17.2 Å². The van der Waals surface area contributed by atoms with Crippen molar-refractivity contribution in [3.63, 3.8) is 0 Å². The van der Waals surface area contributed by atoms with E-state index in [9.17, 15) is 22.8 Å². The van der Waals surface area contributed by atoms with E-state index < -0.39 is 23.7 Å². The minimum absolute atomic E-state index is 0.0682. The second-order valence-corrected chi connectivity index (χ2v) is 9.26. The van der Waals surface area contributed by atoms with Crippen LogP contribution in [0.4, 0.5) is 13.2 Å². The highest BCUT2D eigenvalue weighted by Gasteiger charge is 2.32. The second kappa shape index (κ2) is 10.5. The number of hydrogen-bond donors (Lipinski definition) is 1. The predicted octanol–water partition coefficient (Wildman–Crippen LogP) is 4.07. The largest absolute Gasteiger partial charge is 0.416 e. The summed E-state index contributed by atoms with van der Waals surface area (Å²) in [6.45, 7) is 6.38. The van der Waals surface area contributed by atoms with Gasteiger partial charge in [-0.15, -0.1) is 0 Å². The molecule has 0 aliphatic carbocycles. The van der Waals surface area contributed by atoms with Gasteiger partial charge in [-0.3, -0.25) is 9.59 Å². The summed E-state index contributed by atoms with van der Waals surface area (Å²) in [5, 5.41) is 6.54. The van der Waals surface area contributed by atoms with E-state index in [0.29, 0.717) is 24.5 Å². The number of amides is 2. The van der Waals surface area contributed by atoms with Gasteiger partial charge in [-0.05, 0) is 51.1 Å². The SMILES string of the molecule is C[C@@H]1CN(C(=O)c2ccc(-n3ncnc3[C@H](C)NC(=O)c3cc(Cl)cc(C(F)(F)F)c3)nc2)C[C@H](C)O1. The molecular weight excluding hydrogens is 513 g/mol. The number of carbonyl (C=O) groups is 2. The Morgan fingerprint density at radius 1 is 1.11 bits per heavy atom. The van der Waals surface area contributed by atoms with Crippen LogP contribution in [-0.2, 0) is 10.9 Å². The molecule has 3 aromatic rings. The molecule has 0 bridgehead atoms. The van der Waals surface area contributed by atoms with Crippen molar-refractivity contribution in [2.45, 2.75) is 45.2 Å². The molecule has 1 N–H and O–H groups in total. The number of rotatable bonds is 5. The van der Waals surface area contributed by atoms with Crippen LogP contribution in [0.5, 0.6) is 0 Å². The summed E-state index contributed by atoms with van der Waals surface area (Å²) in [7, 11) is 0. The predicted molar refractivity (Wildman–Crippen MR) is 127 cm³/mol. The van der Waals surface area contributed by atoms with Gasteiger partial charge in [0.1, 0.15) is 6.33 Å². The highest BCUT2D eigenvalue weighted by atomic mass is 35.5. The summed E-state index contributed by atoms with van der Waals surface area (Å²) < 4.78 is 46.4. The van der Waals surface area contributed by atoms with Crippen molar-refractivity contribution in [3.05, 3.63) is 70.4 Å². The monoisotopic (exact) mass is 536 g/mol. The molecule has 1 aliphatic heterocycles. The van der Waals surface area contributed by atoms with Gasteiger partial charge in [0.2, 0.25) is 0 Å². The molecular formula is C24H24ClF3N6O3. The summed E-state index contributed by atoms with van der Waals surface area (Å²) >= 11 is 5.79. The molecule has 0 radical (unpaired) electrons. The average Bonchev–Trinajstić information content (AvgIpc) is 3.32.